The molecular formula is C21H24F4NO7PS. The lowest BCUT2D eigenvalue weighted by atomic mass is 10.2. The van der Waals surface area contributed by atoms with E-state index in [0.29, 0.717) is 10.1 Å². The fourth-order valence-electron chi connectivity index (χ4n) is 2.72. The van der Waals surface area contributed by atoms with Crippen molar-refractivity contribution < 1.29 is 50.5 Å². The number of nitrogens with one attached hydrogen (secondary N) is 1. The highest BCUT2D eigenvalue weighted by atomic mass is 32.1. The predicted octanol–water partition coefficient (Wildman–Crippen LogP) is 5.15. The van der Waals surface area contributed by atoms with Crippen LogP contribution in [0.4, 0.5) is 17.6 Å². The van der Waals surface area contributed by atoms with Crippen LogP contribution in [0.2, 0.25) is 0 Å². The van der Waals surface area contributed by atoms with Gasteiger partial charge in [0.15, 0.2) is 6.61 Å². The maximum atomic E-state index is 15.5. The van der Waals surface area contributed by atoms with Crippen LogP contribution in [0.3, 0.4) is 0 Å². The van der Waals surface area contributed by atoms with Crippen LogP contribution in [0.15, 0.2) is 36.9 Å². The molecule has 0 fully saturated rings. The van der Waals surface area contributed by atoms with Gasteiger partial charge in [-0.25, -0.2) is 14.3 Å². The van der Waals surface area contributed by atoms with Crippen LogP contribution in [0, 0.1) is 0 Å². The predicted molar refractivity (Wildman–Crippen MR) is 121 cm³/mol. The first kappa shape index (κ1) is 28.9. The Hall–Kier alpha value is -2.31. The van der Waals surface area contributed by atoms with E-state index in [-0.39, 0.29) is 30.3 Å². The number of halogens is 4. The molecule has 0 saturated carbocycles. The van der Waals surface area contributed by atoms with Gasteiger partial charge in [0.1, 0.15) is 24.1 Å². The minimum absolute atomic E-state index is 0.0115. The summed E-state index contributed by atoms with van der Waals surface area (Å²) < 4.78 is 86.6. The van der Waals surface area contributed by atoms with E-state index in [0.717, 1.165) is 18.3 Å². The fourth-order valence-corrected chi connectivity index (χ4v) is 5.53. The molecule has 0 saturated heterocycles. The van der Waals surface area contributed by atoms with Gasteiger partial charge in [-0.2, -0.15) is 13.2 Å². The third-order valence-electron chi connectivity index (χ3n) is 4.33. The number of hydrogen-bond acceptors (Lipinski definition) is 8. The summed E-state index contributed by atoms with van der Waals surface area (Å²) in [5.41, 5.74) is -0.278. The van der Waals surface area contributed by atoms with Gasteiger partial charge in [0.05, 0.1) is 6.61 Å². The molecule has 0 aliphatic heterocycles. The fraction of sp³-hybridized carbons (Fsp3) is 0.429. The van der Waals surface area contributed by atoms with E-state index in [1.165, 1.54) is 37.5 Å². The van der Waals surface area contributed by atoms with Crippen molar-refractivity contribution in [2.24, 2.45) is 0 Å². The van der Waals surface area contributed by atoms with Crippen molar-refractivity contribution in [2.45, 2.75) is 25.1 Å². The van der Waals surface area contributed by atoms with Crippen LogP contribution < -0.4 is 5.09 Å². The quantitative estimate of drug-likeness (QED) is 0.122. The number of alkyl halides is 4. The molecule has 3 atom stereocenters. The minimum Gasteiger partial charge on any atom is -0.462 e. The SMILES string of the molecule is C=CCOC(=O)c1cc2cc([C@H](F)P(=O)(N[C@@H](C)C(=O)OCCOC)OCC(F)(F)F)ccc2s1. The van der Waals surface area contributed by atoms with Gasteiger partial charge in [0.25, 0.3) is 0 Å². The van der Waals surface area contributed by atoms with Gasteiger partial charge in [-0.15, -0.1) is 11.3 Å². The lowest BCUT2D eigenvalue weighted by molar-refractivity contribution is -0.154. The maximum Gasteiger partial charge on any atom is 0.412 e. The summed E-state index contributed by atoms with van der Waals surface area (Å²) in [4.78, 5) is 24.3. The summed E-state index contributed by atoms with van der Waals surface area (Å²) in [6, 6.07) is 3.80. The highest BCUT2D eigenvalue weighted by Gasteiger charge is 2.42. The molecule has 2 aromatic rings. The first-order valence-electron chi connectivity index (χ1n) is 10.1. The van der Waals surface area contributed by atoms with Gasteiger partial charge in [0.2, 0.25) is 5.91 Å². The number of fused-ring (bicyclic) bond motifs is 1. The van der Waals surface area contributed by atoms with E-state index in [1.807, 2.05) is 5.09 Å². The first-order chi connectivity index (χ1) is 16.4. The molecule has 0 amide bonds. The number of benzene rings is 1. The molecule has 0 radical (unpaired) electrons. The van der Waals surface area contributed by atoms with E-state index >= 15 is 4.39 Å². The summed E-state index contributed by atoms with van der Waals surface area (Å²) in [5, 5.41) is 2.42. The van der Waals surface area contributed by atoms with E-state index in [2.05, 4.69) is 11.1 Å². The number of rotatable bonds is 13. The van der Waals surface area contributed by atoms with E-state index in [4.69, 9.17) is 14.2 Å². The number of esters is 2. The molecular weight excluding hydrogens is 517 g/mol. The average Bonchev–Trinajstić information content (AvgIpc) is 3.24. The van der Waals surface area contributed by atoms with E-state index in [1.54, 1.807) is 0 Å². The summed E-state index contributed by atoms with van der Waals surface area (Å²) in [7, 11) is -3.59. The Balaban J connectivity index is 2.31. The van der Waals surface area contributed by atoms with Gasteiger partial charge in [0, 0.05) is 11.8 Å². The molecule has 1 heterocycles. The van der Waals surface area contributed by atoms with Crippen LogP contribution in [0.1, 0.15) is 28.1 Å². The zero-order valence-electron chi connectivity index (χ0n) is 18.8. The molecule has 14 heteroatoms. The molecule has 8 nitrogen and oxygen atoms in total. The molecule has 1 N–H and O–H groups in total. The third-order valence-corrected chi connectivity index (χ3v) is 7.58. The van der Waals surface area contributed by atoms with Crippen molar-refractivity contribution in [1.82, 2.24) is 5.09 Å². The Labute approximate surface area is 202 Å². The van der Waals surface area contributed by atoms with Crippen LogP contribution >= 0.6 is 18.9 Å². The second-order valence-electron chi connectivity index (χ2n) is 7.13. The van der Waals surface area contributed by atoms with Crippen LogP contribution in [0.5, 0.6) is 0 Å². The molecule has 1 aromatic carbocycles. The number of hydrogen-bond donors (Lipinski definition) is 1. The minimum atomic E-state index is -4.95. The molecule has 0 bridgehead atoms. The molecule has 194 valence electrons. The van der Waals surface area contributed by atoms with Gasteiger partial charge < -0.3 is 18.7 Å². The van der Waals surface area contributed by atoms with Crippen molar-refractivity contribution >= 4 is 40.9 Å². The van der Waals surface area contributed by atoms with Crippen molar-refractivity contribution in [2.75, 3.05) is 33.5 Å². The molecule has 1 unspecified atom stereocenters. The van der Waals surface area contributed by atoms with Crippen molar-refractivity contribution in [3.63, 3.8) is 0 Å². The zero-order valence-corrected chi connectivity index (χ0v) is 20.5. The number of carbonyl (C=O) groups excluding carboxylic acids is 2. The highest BCUT2D eigenvalue weighted by molar-refractivity contribution is 7.57. The molecule has 1 aromatic heterocycles. The van der Waals surface area contributed by atoms with E-state index in [9.17, 15) is 27.3 Å². The molecule has 0 aliphatic carbocycles. The van der Waals surface area contributed by atoms with Gasteiger partial charge in [-0.3, -0.25) is 9.36 Å². The van der Waals surface area contributed by atoms with Crippen LogP contribution in [-0.4, -0.2) is 57.7 Å². The number of ether oxygens (including phenoxy) is 3. The van der Waals surface area contributed by atoms with Gasteiger partial charge >= 0.3 is 25.6 Å². The third kappa shape index (κ3) is 8.39. The normalized spacial score (nSPS) is 15.3. The van der Waals surface area contributed by atoms with E-state index < -0.39 is 44.2 Å². The van der Waals surface area contributed by atoms with Crippen LogP contribution in [-0.2, 0) is 28.1 Å². The van der Waals surface area contributed by atoms with Crippen LogP contribution in [0.25, 0.3) is 10.1 Å². The average molecular weight is 541 g/mol. The number of thiophene rings is 1. The van der Waals surface area contributed by atoms with Crippen molar-refractivity contribution in [3.05, 3.63) is 47.4 Å². The summed E-state index contributed by atoms with van der Waals surface area (Å²) in [6.07, 6.45) is -3.52. The zero-order chi connectivity index (χ0) is 26.2. The molecule has 0 aliphatic rings. The lowest BCUT2D eigenvalue weighted by Crippen LogP contribution is -2.36. The topological polar surface area (TPSA) is 100 Å². The maximum absolute atomic E-state index is 15.5. The molecule has 35 heavy (non-hydrogen) atoms. The Morgan fingerprint density at radius 2 is 1.94 bits per heavy atom. The Kier molecular flexibility index (Phi) is 10.4. The smallest absolute Gasteiger partial charge is 0.412 e. The summed E-state index contributed by atoms with van der Waals surface area (Å²) in [5.74, 6) is -4.19. The molecule has 2 rings (SSSR count). The second-order valence-corrected chi connectivity index (χ2v) is 10.4. The largest absolute Gasteiger partial charge is 0.462 e. The Bertz CT molecular complexity index is 1090. The number of methoxy groups -OCH3 is 1. The molecule has 0 spiro atoms. The summed E-state index contributed by atoms with van der Waals surface area (Å²) in [6.45, 7) is 2.45. The number of carbonyl (C=O) groups is 2. The Morgan fingerprint density at radius 3 is 2.57 bits per heavy atom. The monoisotopic (exact) mass is 541 g/mol. The standard InChI is InChI=1S/C21H24F4NO7PS/c1-4-7-31-20(28)17-11-15-10-14(5-6-16(15)35-17)18(22)34(29,33-12-21(23,24)25)26-13(2)19(27)32-9-8-30-3/h4-6,10-11,13,18H,1,7-9,12H2,2-3H3,(H,26,29)/t13-,18+,34?/m0/s1. The van der Waals surface area contributed by atoms with Crippen molar-refractivity contribution in [1.29, 1.82) is 0 Å². The highest BCUT2D eigenvalue weighted by Crippen LogP contribution is 2.58. The summed E-state index contributed by atoms with van der Waals surface area (Å²) >= 11 is 1.05. The van der Waals surface area contributed by atoms with Gasteiger partial charge in [-0.1, -0.05) is 18.7 Å². The Morgan fingerprint density at radius 1 is 1.23 bits per heavy atom. The lowest BCUT2D eigenvalue weighted by Gasteiger charge is -2.26. The van der Waals surface area contributed by atoms with Crippen molar-refractivity contribution in [3.8, 4) is 0 Å². The first-order valence-corrected chi connectivity index (χ1v) is 12.6. The van der Waals surface area contributed by atoms with Gasteiger partial charge in [-0.05, 0) is 36.1 Å². The second kappa shape index (κ2) is 12.6.